The molecule has 1 aliphatic rings. The summed E-state index contributed by atoms with van der Waals surface area (Å²) >= 11 is 4.47. The number of phenols is 2. The molecule has 0 saturated heterocycles. The molecule has 0 spiro atoms. The number of methoxy groups -OCH3 is 1. The van der Waals surface area contributed by atoms with Crippen molar-refractivity contribution < 1.29 is 19.7 Å². The Labute approximate surface area is 193 Å². The summed E-state index contributed by atoms with van der Waals surface area (Å²) in [7, 11) is 1.64. The number of ether oxygens (including phenoxy) is 2. The van der Waals surface area contributed by atoms with Crippen LogP contribution in [0.4, 0.5) is 0 Å². The van der Waals surface area contributed by atoms with Crippen molar-refractivity contribution in [2.75, 3.05) is 7.11 Å². The zero-order valence-corrected chi connectivity index (χ0v) is 19.5. The lowest BCUT2D eigenvalue weighted by atomic mass is 9.98. The third kappa shape index (κ3) is 4.50. The number of hydrogen-bond donors (Lipinski definition) is 3. The molecule has 0 radical (unpaired) electrons. The molecule has 1 aromatic heterocycles. The highest BCUT2D eigenvalue weighted by molar-refractivity contribution is 7.80. The number of hydrogen-bond acceptors (Lipinski definition) is 7. The van der Waals surface area contributed by atoms with Crippen molar-refractivity contribution in [3.8, 4) is 34.4 Å². The van der Waals surface area contributed by atoms with Gasteiger partial charge in [0.25, 0.3) is 0 Å². The lowest BCUT2D eigenvalue weighted by Gasteiger charge is -2.17. The molecular weight excluding hydrogens is 426 g/mol. The second-order valence-corrected chi connectivity index (χ2v) is 8.90. The van der Waals surface area contributed by atoms with Gasteiger partial charge < -0.3 is 19.7 Å². The largest absolute Gasteiger partial charge is 0.508 e. The van der Waals surface area contributed by atoms with Gasteiger partial charge in [0.05, 0.1) is 25.3 Å². The van der Waals surface area contributed by atoms with Crippen molar-refractivity contribution in [1.82, 2.24) is 14.8 Å². The second kappa shape index (κ2) is 9.32. The van der Waals surface area contributed by atoms with Crippen molar-refractivity contribution in [2.45, 2.75) is 63.3 Å². The van der Waals surface area contributed by atoms with Crippen molar-refractivity contribution >= 4 is 12.6 Å². The monoisotopic (exact) mass is 455 g/mol. The maximum absolute atomic E-state index is 10.5. The molecule has 170 valence electrons. The Kier molecular flexibility index (Phi) is 6.50. The van der Waals surface area contributed by atoms with E-state index in [1.165, 1.54) is 18.9 Å². The summed E-state index contributed by atoms with van der Waals surface area (Å²) in [6.45, 7) is 4.39. The van der Waals surface area contributed by atoms with Crippen LogP contribution in [0, 0.1) is 0 Å². The molecule has 3 aromatic rings. The summed E-state index contributed by atoms with van der Waals surface area (Å²) in [5.41, 5.74) is 2.18. The quantitative estimate of drug-likeness (QED) is 0.427. The van der Waals surface area contributed by atoms with Gasteiger partial charge in [-0.25, -0.2) is 0 Å². The molecule has 2 N–H and O–H groups in total. The molecule has 1 fully saturated rings. The Morgan fingerprint density at radius 2 is 1.81 bits per heavy atom. The molecule has 0 unspecified atom stereocenters. The normalized spacial score (nSPS) is 14.3. The Balaban J connectivity index is 1.65. The number of thiol groups is 1. The zero-order valence-electron chi connectivity index (χ0n) is 18.6. The SMILES string of the molecule is COc1cc(Cn2c(S)nnc2-c2cc(C(C)C)c(O)cc2O)ccc1OC1CCCC1. The van der Waals surface area contributed by atoms with Crippen LogP contribution in [0.3, 0.4) is 0 Å². The summed E-state index contributed by atoms with van der Waals surface area (Å²) in [5, 5.41) is 29.5. The number of benzene rings is 2. The van der Waals surface area contributed by atoms with Gasteiger partial charge in [-0.1, -0.05) is 19.9 Å². The Morgan fingerprint density at radius 1 is 1.06 bits per heavy atom. The van der Waals surface area contributed by atoms with E-state index in [2.05, 4.69) is 22.8 Å². The zero-order chi connectivity index (χ0) is 22.8. The molecule has 1 aliphatic carbocycles. The molecule has 2 aromatic carbocycles. The molecule has 1 heterocycles. The second-order valence-electron chi connectivity index (χ2n) is 8.50. The van der Waals surface area contributed by atoms with Gasteiger partial charge in [0.15, 0.2) is 22.5 Å². The van der Waals surface area contributed by atoms with E-state index < -0.39 is 0 Å². The van der Waals surface area contributed by atoms with E-state index in [0.717, 1.165) is 29.7 Å². The van der Waals surface area contributed by atoms with Gasteiger partial charge in [-0.05, 0) is 60.9 Å². The smallest absolute Gasteiger partial charge is 0.188 e. The number of phenolic OH excluding ortho intramolecular Hbond substituents is 2. The van der Waals surface area contributed by atoms with E-state index in [4.69, 9.17) is 9.47 Å². The van der Waals surface area contributed by atoms with Crippen molar-refractivity contribution in [3.05, 3.63) is 41.5 Å². The molecule has 0 atom stereocenters. The minimum absolute atomic E-state index is 0.0565. The summed E-state index contributed by atoms with van der Waals surface area (Å²) in [4.78, 5) is 0. The predicted octanol–water partition coefficient (Wildman–Crippen LogP) is 5.15. The van der Waals surface area contributed by atoms with Crippen molar-refractivity contribution in [3.63, 3.8) is 0 Å². The van der Waals surface area contributed by atoms with E-state index in [1.807, 2.05) is 36.6 Å². The van der Waals surface area contributed by atoms with Gasteiger partial charge in [0, 0.05) is 6.07 Å². The lowest BCUT2D eigenvalue weighted by molar-refractivity contribution is 0.200. The highest BCUT2D eigenvalue weighted by Gasteiger charge is 2.21. The molecule has 1 saturated carbocycles. The molecule has 7 nitrogen and oxygen atoms in total. The highest BCUT2D eigenvalue weighted by Crippen LogP contribution is 2.38. The van der Waals surface area contributed by atoms with Crippen LogP contribution in [0.1, 0.15) is 56.6 Å². The van der Waals surface area contributed by atoms with Crippen molar-refractivity contribution in [2.24, 2.45) is 0 Å². The molecule has 32 heavy (non-hydrogen) atoms. The first-order chi connectivity index (χ1) is 15.4. The number of aromatic hydroxyl groups is 2. The van der Waals surface area contributed by atoms with Crippen LogP contribution in [0.5, 0.6) is 23.0 Å². The minimum atomic E-state index is -0.0632. The maximum Gasteiger partial charge on any atom is 0.188 e. The minimum Gasteiger partial charge on any atom is -0.508 e. The van der Waals surface area contributed by atoms with Crippen LogP contribution < -0.4 is 9.47 Å². The summed E-state index contributed by atoms with van der Waals surface area (Å²) < 4.78 is 13.5. The first-order valence-electron chi connectivity index (χ1n) is 10.9. The highest BCUT2D eigenvalue weighted by atomic mass is 32.1. The average molecular weight is 456 g/mol. The van der Waals surface area contributed by atoms with Crippen LogP contribution in [0.15, 0.2) is 35.5 Å². The molecule has 0 amide bonds. The van der Waals surface area contributed by atoms with Crippen LogP contribution in [0.2, 0.25) is 0 Å². The Bertz CT molecular complexity index is 1110. The summed E-state index contributed by atoms with van der Waals surface area (Å²) in [5.74, 6) is 1.97. The predicted molar refractivity (Wildman–Crippen MR) is 125 cm³/mol. The third-order valence-corrected chi connectivity index (χ3v) is 6.23. The molecule has 0 aliphatic heterocycles. The maximum atomic E-state index is 10.5. The third-order valence-electron chi connectivity index (χ3n) is 5.90. The molecule has 8 heteroatoms. The van der Waals surface area contributed by atoms with Crippen LogP contribution in [-0.4, -0.2) is 38.2 Å². The fraction of sp³-hybridized carbons (Fsp3) is 0.417. The molecule has 4 rings (SSSR count). The van der Waals surface area contributed by atoms with Crippen LogP contribution in [0.25, 0.3) is 11.4 Å². The summed E-state index contributed by atoms with van der Waals surface area (Å²) in [6.07, 6.45) is 4.80. The van der Waals surface area contributed by atoms with Gasteiger partial charge in [-0.2, -0.15) is 0 Å². The van der Waals surface area contributed by atoms with Crippen LogP contribution >= 0.6 is 12.6 Å². The van der Waals surface area contributed by atoms with Crippen LogP contribution in [-0.2, 0) is 6.54 Å². The first-order valence-corrected chi connectivity index (χ1v) is 11.3. The van der Waals surface area contributed by atoms with E-state index in [0.29, 0.717) is 28.8 Å². The van der Waals surface area contributed by atoms with Gasteiger partial charge in [0.2, 0.25) is 0 Å². The topological polar surface area (TPSA) is 89.6 Å². The standard InChI is InChI=1S/C24H29N3O4S/c1-14(2)17-11-18(20(29)12-19(17)28)23-25-26-24(32)27(23)13-15-8-9-21(22(10-15)30-3)31-16-6-4-5-7-16/h8-12,14,16,28-29H,4-7,13H2,1-3H3,(H,26,32). The number of aromatic nitrogens is 3. The van der Waals surface area contributed by atoms with Gasteiger partial charge in [-0.15, -0.1) is 22.8 Å². The fourth-order valence-corrected chi connectivity index (χ4v) is 4.36. The Hall–Kier alpha value is -2.87. The molecule has 0 bridgehead atoms. The molecular formula is C24H29N3O4S. The first kappa shape index (κ1) is 22.3. The fourth-order valence-electron chi connectivity index (χ4n) is 4.15. The van der Waals surface area contributed by atoms with E-state index in [9.17, 15) is 10.2 Å². The van der Waals surface area contributed by atoms with E-state index in [1.54, 1.807) is 13.2 Å². The lowest BCUT2D eigenvalue weighted by Crippen LogP contribution is -2.12. The average Bonchev–Trinajstić information content (AvgIpc) is 3.39. The van der Waals surface area contributed by atoms with Gasteiger partial charge in [0.1, 0.15) is 11.5 Å². The van der Waals surface area contributed by atoms with Gasteiger partial charge >= 0.3 is 0 Å². The Morgan fingerprint density at radius 3 is 2.50 bits per heavy atom. The number of rotatable bonds is 7. The van der Waals surface area contributed by atoms with E-state index >= 15 is 0 Å². The van der Waals surface area contributed by atoms with Gasteiger partial charge in [-0.3, -0.25) is 4.57 Å². The van der Waals surface area contributed by atoms with Crippen molar-refractivity contribution in [1.29, 1.82) is 0 Å². The summed E-state index contributed by atoms with van der Waals surface area (Å²) in [6, 6.07) is 8.96. The number of nitrogens with zero attached hydrogens (tertiary/aromatic N) is 3. The van der Waals surface area contributed by atoms with E-state index in [-0.39, 0.29) is 23.5 Å².